The minimum absolute atomic E-state index is 0.00684. The molecule has 0 spiro atoms. The van der Waals surface area contributed by atoms with E-state index in [0.717, 1.165) is 15.7 Å². The molecular weight excluding hydrogens is 582 g/mol. The van der Waals surface area contributed by atoms with Crippen LogP contribution in [0.2, 0.25) is 0 Å². The first-order chi connectivity index (χ1) is 17.5. The Labute approximate surface area is 227 Å². The van der Waals surface area contributed by atoms with E-state index < -0.39 is 5.92 Å². The Kier molecular flexibility index (Phi) is 7.20. The van der Waals surface area contributed by atoms with Crippen molar-refractivity contribution in [2.24, 2.45) is 5.73 Å². The summed E-state index contributed by atoms with van der Waals surface area (Å²) in [5.74, 6) is -0.337. The second kappa shape index (κ2) is 10.5. The zero-order chi connectivity index (χ0) is 25.2. The standard InChI is InChI=1S/C23H18BrN7O2S3/c24-13-6-4-12(5-7-13)18-14(10-25)20(26)31(15-2-1-3-16(32)19(15)18)22-29-30-23(36-22)35-11-17(33)28-21-27-8-9-34-21/h4-9,18H,1-3,11,26H2,(H,27,28,33). The van der Waals surface area contributed by atoms with Crippen LogP contribution in [0.1, 0.15) is 30.7 Å². The van der Waals surface area contributed by atoms with Gasteiger partial charge in [-0.25, -0.2) is 4.98 Å². The van der Waals surface area contributed by atoms with Crippen molar-refractivity contribution < 1.29 is 9.59 Å². The molecule has 1 atom stereocenters. The number of anilines is 2. The van der Waals surface area contributed by atoms with Crippen LogP contribution in [0.5, 0.6) is 0 Å². The van der Waals surface area contributed by atoms with Crippen LogP contribution >= 0.6 is 50.4 Å². The van der Waals surface area contributed by atoms with Crippen LogP contribution in [0, 0.1) is 11.3 Å². The first-order valence-electron chi connectivity index (χ1n) is 10.8. The minimum atomic E-state index is -0.529. The van der Waals surface area contributed by atoms with Gasteiger partial charge < -0.3 is 11.1 Å². The molecule has 1 aromatic carbocycles. The van der Waals surface area contributed by atoms with Gasteiger partial charge in [-0.1, -0.05) is 51.2 Å². The Morgan fingerprint density at radius 1 is 1.31 bits per heavy atom. The summed E-state index contributed by atoms with van der Waals surface area (Å²) in [6.45, 7) is 0. The molecule has 0 saturated heterocycles. The molecule has 0 bridgehead atoms. The number of halogens is 1. The average Bonchev–Trinajstić information content (AvgIpc) is 3.55. The molecule has 1 aliphatic heterocycles. The molecule has 36 heavy (non-hydrogen) atoms. The number of carbonyl (C=O) groups excluding carboxylic acids is 2. The van der Waals surface area contributed by atoms with Crippen molar-refractivity contribution in [3.05, 3.63) is 68.5 Å². The summed E-state index contributed by atoms with van der Waals surface area (Å²) in [7, 11) is 0. The number of ketones is 1. The summed E-state index contributed by atoms with van der Waals surface area (Å²) >= 11 is 7.29. The number of nitrogens with zero attached hydrogens (tertiary/aromatic N) is 5. The number of allylic oxidation sites excluding steroid dienone is 3. The number of nitrogens with one attached hydrogen (secondary N) is 1. The number of rotatable bonds is 6. The number of nitriles is 1. The van der Waals surface area contributed by atoms with Gasteiger partial charge >= 0.3 is 0 Å². The van der Waals surface area contributed by atoms with Crippen LogP contribution in [-0.4, -0.2) is 32.6 Å². The van der Waals surface area contributed by atoms with Crippen molar-refractivity contribution in [1.29, 1.82) is 5.26 Å². The number of carbonyl (C=O) groups is 2. The number of hydrogen-bond acceptors (Lipinski definition) is 11. The Hall–Kier alpha value is -3.05. The van der Waals surface area contributed by atoms with Gasteiger partial charge in [0.2, 0.25) is 11.0 Å². The molecule has 0 fully saturated rings. The molecule has 182 valence electrons. The number of benzene rings is 1. The molecule has 2 aromatic heterocycles. The summed E-state index contributed by atoms with van der Waals surface area (Å²) < 4.78 is 1.48. The summed E-state index contributed by atoms with van der Waals surface area (Å²) in [6, 6.07) is 9.82. The highest BCUT2D eigenvalue weighted by molar-refractivity contribution is 9.10. The topological polar surface area (TPSA) is 138 Å². The number of thiazole rings is 1. The predicted octanol–water partition coefficient (Wildman–Crippen LogP) is 4.79. The van der Waals surface area contributed by atoms with Crippen LogP contribution < -0.4 is 16.0 Å². The molecule has 3 N–H and O–H groups in total. The third-order valence-electron chi connectivity index (χ3n) is 5.71. The van der Waals surface area contributed by atoms with Crippen LogP contribution in [0.3, 0.4) is 0 Å². The van der Waals surface area contributed by atoms with Gasteiger partial charge in [-0.3, -0.25) is 14.5 Å². The minimum Gasteiger partial charge on any atom is -0.384 e. The van der Waals surface area contributed by atoms with Crippen LogP contribution in [0.25, 0.3) is 0 Å². The number of Topliss-reactive ketones (excluding diaryl/α,β-unsaturated/α-hetero) is 1. The van der Waals surface area contributed by atoms with E-state index in [4.69, 9.17) is 5.73 Å². The number of nitrogens with two attached hydrogens (primary N) is 1. The number of aromatic nitrogens is 3. The molecule has 2 aliphatic rings. The fourth-order valence-electron chi connectivity index (χ4n) is 4.21. The van der Waals surface area contributed by atoms with E-state index in [1.54, 1.807) is 16.5 Å². The van der Waals surface area contributed by atoms with Crippen LogP contribution in [-0.2, 0) is 9.59 Å². The van der Waals surface area contributed by atoms with Gasteiger partial charge in [0, 0.05) is 33.7 Å². The fourth-order valence-corrected chi connectivity index (χ4v) is 6.70. The molecule has 9 nitrogen and oxygen atoms in total. The van der Waals surface area contributed by atoms with E-state index in [2.05, 4.69) is 42.5 Å². The lowest BCUT2D eigenvalue weighted by atomic mass is 9.76. The van der Waals surface area contributed by atoms with E-state index in [1.807, 2.05) is 24.3 Å². The smallest absolute Gasteiger partial charge is 0.236 e. The molecule has 0 saturated carbocycles. The summed E-state index contributed by atoms with van der Waals surface area (Å²) in [5.41, 5.74) is 9.05. The lowest BCUT2D eigenvalue weighted by Gasteiger charge is -2.38. The highest BCUT2D eigenvalue weighted by atomic mass is 79.9. The van der Waals surface area contributed by atoms with Gasteiger partial charge in [0.25, 0.3) is 0 Å². The average molecular weight is 601 g/mol. The zero-order valence-corrected chi connectivity index (χ0v) is 22.6. The molecule has 3 heterocycles. The zero-order valence-electron chi connectivity index (χ0n) is 18.6. The quantitative estimate of drug-likeness (QED) is 0.383. The first-order valence-corrected chi connectivity index (χ1v) is 14.3. The third-order valence-corrected chi connectivity index (χ3v) is 8.97. The Bertz CT molecular complexity index is 1420. The third kappa shape index (κ3) is 4.81. The number of hydrogen-bond donors (Lipinski definition) is 2. The maximum Gasteiger partial charge on any atom is 0.236 e. The van der Waals surface area contributed by atoms with Crippen molar-refractivity contribution in [2.45, 2.75) is 29.5 Å². The normalized spacial score (nSPS) is 17.7. The fraction of sp³-hybridized carbons (Fsp3) is 0.217. The van der Waals surface area contributed by atoms with Crippen LogP contribution in [0.4, 0.5) is 10.3 Å². The van der Waals surface area contributed by atoms with E-state index >= 15 is 0 Å². The van der Waals surface area contributed by atoms with Gasteiger partial charge in [-0.15, -0.1) is 21.5 Å². The second-order valence-electron chi connectivity index (χ2n) is 7.89. The Morgan fingerprint density at radius 3 is 2.83 bits per heavy atom. The Balaban J connectivity index is 1.45. The highest BCUT2D eigenvalue weighted by Crippen LogP contribution is 2.47. The first kappa shape index (κ1) is 24.6. The van der Waals surface area contributed by atoms with Crippen LogP contribution in [0.15, 0.2) is 67.3 Å². The molecular formula is C23H18BrN7O2S3. The van der Waals surface area contributed by atoms with Gasteiger partial charge in [0.15, 0.2) is 15.3 Å². The largest absolute Gasteiger partial charge is 0.384 e. The van der Waals surface area contributed by atoms with Gasteiger partial charge in [-0.2, -0.15) is 5.26 Å². The molecule has 0 radical (unpaired) electrons. The van der Waals surface area contributed by atoms with E-state index in [0.29, 0.717) is 45.0 Å². The maximum atomic E-state index is 13.2. The molecule has 13 heteroatoms. The van der Waals surface area contributed by atoms with Crippen molar-refractivity contribution in [1.82, 2.24) is 15.2 Å². The van der Waals surface area contributed by atoms with Gasteiger partial charge in [0.05, 0.1) is 23.3 Å². The van der Waals surface area contributed by atoms with Crippen molar-refractivity contribution in [2.75, 3.05) is 16.0 Å². The summed E-state index contributed by atoms with van der Waals surface area (Å²) in [4.78, 5) is 31.1. The maximum absolute atomic E-state index is 13.2. The summed E-state index contributed by atoms with van der Waals surface area (Å²) in [5, 5.41) is 24.1. The predicted molar refractivity (Wildman–Crippen MR) is 143 cm³/mol. The van der Waals surface area contributed by atoms with Crippen molar-refractivity contribution in [3.8, 4) is 6.07 Å². The van der Waals surface area contributed by atoms with Crippen molar-refractivity contribution >= 4 is 72.3 Å². The van der Waals surface area contributed by atoms with E-state index in [-0.39, 0.29) is 23.3 Å². The SMILES string of the molecule is N#CC1=C(N)N(c2nnc(SCC(=O)Nc3nccs3)s2)C2=C(C(=O)CCC2)C1c1ccc(Br)cc1. The number of thioether (sulfide) groups is 1. The van der Waals surface area contributed by atoms with E-state index in [9.17, 15) is 14.9 Å². The molecule has 3 aromatic rings. The van der Waals surface area contributed by atoms with Gasteiger partial charge in [-0.05, 0) is 30.5 Å². The molecule has 1 aliphatic carbocycles. The summed E-state index contributed by atoms with van der Waals surface area (Å²) in [6.07, 6.45) is 3.36. The molecule has 1 amide bonds. The van der Waals surface area contributed by atoms with Crippen molar-refractivity contribution in [3.63, 3.8) is 0 Å². The lowest BCUT2D eigenvalue weighted by molar-refractivity contribution is -0.116. The monoisotopic (exact) mass is 599 g/mol. The second-order valence-corrected chi connectivity index (χ2v) is 11.9. The van der Waals surface area contributed by atoms with Gasteiger partial charge in [0.1, 0.15) is 5.82 Å². The molecule has 1 unspecified atom stereocenters. The Morgan fingerprint density at radius 2 is 2.11 bits per heavy atom. The highest BCUT2D eigenvalue weighted by Gasteiger charge is 2.41. The van der Waals surface area contributed by atoms with E-state index in [1.165, 1.54) is 34.4 Å². The number of amides is 1. The lowest BCUT2D eigenvalue weighted by Crippen LogP contribution is -2.38. The molecule has 5 rings (SSSR count).